The quantitative estimate of drug-likeness (QED) is 0.745. The van der Waals surface area contributed by atoms with Gasteiger partial charge in [-0.05, 0) is 38.4 Å². The van der Waals surface area contributed by atoms with Gasteiger partial charge in [-0.3, -0.25) is 9.69 Å². The highest BCUT2D eigenvalue weighted by atomic mass is 79.9. The van der Waals surface area contributed by atoms with Crippen molar-refractivity contribution in [1.82, 2.24) is 4.90 Å². The molecule has 1 heterocycles. The molecule has 110 valence electrons. The summed E-state index contributed by atoms with van der Waals surface area (Å²) in [5.74, 6) is 0.235. The molecule has 20 heavy (non-hydrogen) atoms. The van der Waals surface area contributed by atoms with Gasteiger partial charge in [0.15, 0.2) is 0 Å². The standard InChI is InChI=1S/C16H23BrN2O/c1-14(20)16(17)8-5-9-18-10-12-19(13-11-18)15-6-3-2-4-7-15/h2-4,6-7,16H,5,8-13H2,1H3. The molecule has 1 aromatic carbocycles. The van der Waals surface area contributed by atoms with E-state index in [1.165, 1.54) is 5.69 Å². The molecule has 1 saturated heterocycles. The van der Waals surface area contributed by atoms with Crippen LogP contribution in [0, 0.1) is 0 Å². The third kappa shape index (κ3) is 4.60. The van der Waals surface area contributed by atoms with Crippen molar-refractivity contribution in [2.45, 2.75) is 24.6 Å². The zero-order valence-corrected chi connectivity index (χ0v) is 13.7. The molecule has 1 atom stereocenters. The van der Waals surface area contributed by atoms with E-state index in [4.69, 9.17) is 0 Å². The van der Waals surface area contributed by atoms with Crippen molar-refractivity contribution in [1.29, 1.82) is 0 Å². The first kappa shape index (κ1) is 15.5. The number of ketones is 1. The Morgan fingerprint density at radius 2 is 1.85 bits per heavy atom. The van der Waals surface area contributed by atoms with Gasteiger partial charge in [0.05, 0.1) is 4.83 Å². The summed E-state index contributed by atoms with van der Waals surface area (Å²) in [4.78, 5) is 16.1. The normalized spacial score (nSPS) is 18.0. The van der Waals surface area contributed by atoms with Crippen LogP contribution < -0.4 is 4.90 Å². The van der Waals surface area contributed by atoms with Gasteiger partial charge in [-0.25, -0.2) is 0 Å². The molecule has 1 fully saturated rings. The van der Waals surface area contributed by atoms with Crippen LogP contribution in [0.4, 0.5) is 5.69 Å². The smallest absolute Gasteiger partial charge is 0.143 e. The highest BCUT2D eigenvalue weighted by Gasteiger charge is 2.17. The van der Waals surface area contributed by atoms with E-state index in [-0.39, 0.29) is 10.6 Å². The SMILES string of the molecule is CC(=O)C(Br)CCCN1CCN(c2ccccc2)CC1. The number of carbonyl (C=O) groups excluding carboxylic acids is 1. The van der Waals surface area contributed by atoms with Gasteiger partial charge in [0.1, 0.15) is 5.78 Å². The molecule has 4 heteroatoms. The van der Waals surface area contributed by atoms with Crippen molar-refractivity contribution in [2.24, 2.45) is 0 Å². The molecule has 1 aliphatic heterocycles. The Kier molecular flexibility index (Phi) is 6.05. The van der Waals surface area contributed by atoms with Crippen LogP contribution in [0.2, 0.25) is 0 Å². The number of benzene rings is 1. The topological polar surface area (TPSA) is 23.6 Å². The lowest BCUT2D eigenvalue weighted by molar-refractivity contribution is -0.116. The molecule has 0 bridgehead atoms. The maximum atomic E-state index is 11.2. The molecule has 3 nitrogen and oxygen atoms in total. The number of hydrogen-bond acceptors (Lipinski definition) is 3. The molecule has 1 aromatic rings. The Morgan fingerprint density at radius 1 is 1.20 bits per heavy atom. The van der Waals surface area contributed by atoms with Crippen molar-refractivity contribution in [3.63, 3.8) is 0 Å². The molecule has 0 radical (unpaired) electrons. The second-order valence-corrected chi connectivity index (χ2v) is 6.49. The average Bonchev–Trinajstić information content (AvgIpc) is 2.48. The zero-order valence-electron chi connectivity index (χ0n) is 12.1. The van der Waals surface area contributed by atoms with E-state index in [9.17, 15) is 4.79 Å². The second-order valence-electron chi connectivity index (χ2n) is 5.38. The molecule has 1 unspecified atom stereocenters. The number of rotatable bonds is 6. The lowest BCUT2D eigenvalue weighted by atomic mass is 10.1. The number of hydrogen-bond donors (Lipinski definition) is 0. The van der Waals surface area contributed by atoms with E-state index in [1.807, 2.05) is 0 Å². The first-order chi connectivity index (χ1) is 9.66. The molecule has 2 rings (SSSR count). The summed E-state index contributed by atoms with van der Waals surface area (Å²) in [6, 6.07) is 10.6. The number of piperazine rings is 1. The monoisotopic (exact) mass is 338 g/mol. The molecule has 0 N–H and O–H groups in total. The summed E-state index contributed by atoms with van der Waals surface area (Å²) in [6.07, 6.45) is 2.02. The van der Waals surface area contributed by atoms with Gasteiger partial charge in [0.2, 0.25) is 0 Å². The van der Waals surface area contributed by atoms with Crippen LogP contribution in [-0.4, -0.2) is 48.2 Å². The number of alkyl halides is 1. The Labute approximate surface area is 130 Å². The van der Waals surface area contributed by atoms with Crippen LogP contribution in [0.15, 0.2) is 30.3 Å². The summed E-state index contributed by atoms with van der Waals surface area (Å²) in [6.45, 7) is 7.16. The van der Waals surface area contributed by atoms with Crippen LogP contribution in [0.25, 0.3) is 0 Å². The van der Waals surface area contributed by atoms with E-state index >= 15 is 0 Å². The maximum absolute atomic E-state index is 11.2. The molecule has 0 aliphatic carbocycles. The van der Waals surface area contributed by atoms with Gasteiger partial charge in [-0.1, -0.05) is 34.1 Å². The highest BCUT2D eigenvalue weighted by Crippen LogP contribution is 2.16. The van der Waals surface area contributed by atoms with E-state index in [2.05, 4.69) is 56.1 Å². The predicted octanol–water partition coefficient (Wildman–Crippen LogP) is 2.94. The van der Waals surface area contributed by atoms with Gasteiger partial charge >= 0.3 is 0 Å². The van der Waals surface area contributed by atoms with Crippen molar-refractivity contribution in [3.8, 4) is 0 Å². The summed E-state index contributed by atoms with van der Waals surface area (Å²) < 4.78 is 0. The van der Waals surface area contributed by atoms with Gasteiger partial charge < -0.3 is 4.90 Å². The molecule has 0 amide bonds. The van der Waals surface area contributed by atoms with Crippen molar-refractivity contribution in [3.05, 3.63) is 30.3 Å². The predicted molar refractivity (Wildman–Crippen MR) is 87.7 cm³/mol. The van der Waals surface area contributed by atoms with E-state index in [1.54, 1.807) is 6.92 Å². The fraction of sp³-hybridized carbons (Fsp3) is 0.562. The van der Waals surface area contributed by atoms with E-state index in [0.29, 0.717) is 0 Å². The number of Topliss-reactive ketones (excluding diaryl/α,β-unsaturated/α-hetero) is 1. The number of carbonyl (C=O) groups is 1. The van der Waals surface area contributed by atoms with Gasteiger partial charge in [-0.2, -0.15) is 0 Å². The summed E-state index contributed by atoms with van der Waals surface area (Å²) in [5, 5.41) is 0. The minimum Gasteiger partial charge on any atom is -0.369 e. The molecule has 0 aromatic heterocycles. The Bertz CT molecular complexity index is 416. The zero-order chi connectivity index (χ0) is 14.4. The van der Waals surface area contributed by atoms with Gasteiger partial charge in [0, 0.05) is 31.9 Å². The average molecular weight is 339 g/mol. The van der Waals surface area contributed by atoms with Gasteiger partial charge in [-0.15, -0.1) is 0 Å². The fourth-order valence-electron chi connectivity index (χ4n) is 2.57. The van der Waals surface area contributed by atoms with Crippen LogP contribution in [0.1, 0.15) is 19.8 Å². The number of anilines is 1. The third-order valence-electron chi connectivity index (χ3n) is 3.87. The summed E-state index contributed by atoms with van der Waals surface area (Å²) in [7, 11) is 0. The van der Waals surface area contributed by atoms with E-state index in [0.717, 1.165) is 45.6 Å². The number of nitrogens with zero attached hydrogens (tertiary/aromatic N) is 2. The minimum absolute atomic E-state index is 0.0353. The molecular weight excluding hydrogens is 316 g/mol. The molecule has 0 saturated carbocycles. The maximum Gasteiger partial charge on any atom is 0.143 e. The number of halogens is 1. The lowest BCUT2D eigenvalue weighted by Crippen LogP contribution is -2.46. The first-order valence-electron chi connectivity index (χ1n) is 7.33. The minimum atomic E-state index is 0.0353. The van der Waals surface area contributed by atoms with Crippen molar-refractivity contribution in [2.75, 3.05) is 37.6 Å². The number of para-hydroxylation sites is 1. The van der Waals surface area contributed by atoms with Gasteiger partial charge in [0.25, 0.3) is 0 Å². The van der Waals surface area contributed by atoms with E-state index < -0.39 is 0 Å². The summed E-state index contributed by atoms with van der Waals surface area (Å²) in [5.41, 5.74) is 1.32. The van der Waals surface area contributed by atoms with Crippen molar-refractivity contribution >= 4 is 27.4 Å². The molecular formula is C16H23BrN2O. The Morgan fingerprint density at radius 3 is 2.45 bits per heavy atom. The van der Waals surface area contributed by atoms with Crippen LogP contribution in [0.5, 0.6) is 0 Å². The van der Waals surface area contributed by atoms with Crippen molar-refractivity contribution < 1.29 is 4.79 Å². The Hall–Kier alpha value is -0.870. The van der Waals surface area contributed by atoms with Crippen LogP contribution >= 0.6 is 15.9 Å². The molecule has 0 spiro atoms. The summed E-state index contributed by atoms with van der Waals surface area (Å²) >= 11 is 3.43. The Balaban J connectivity index is 1.68. The highest BCUT2D eigenvalue weighted by molar-refractivity contribution is 9.10. The van der Waals surface area contributed by atoms with Crippen LogP contribution in [0.3, 0.4) is 0 Å². The van der Waals surface area contributed by atoms with Crippen LogP contribution in [-0.2, 0) is 4.79 Å². The second kappa shape index (κ2) is 7.79. The third-order valence-corrected chi connectivity index (χ3v) is 4.97. The fourth-order valence-corrected chi connectivity index (χ4v) is 2.89. The lowest BCUT2D eigenvalue weighted by Gasteiger charge is -2.36. The first-order valence-corrected chi connectivity index (χ1v) is 8.25. The largest absolute Gasteiger partial charge is 0.369 e. The molecule has 1 aliphatic rings.